The van der Waals surface area contributed by atoms with E-state index in [1.165, 1.54) is 16.4 Å². The Morgan fingerprint density at radius 2 is 2.07 bits per heavy atom. The SMILES string of the molecule is O=S(=O)(c1ccc2[nH]ccc2c1)N1CCCC(COc2cccnc2C(F)(F)F)C1. The van der Waals surface area contributed by atoms with Gasteiger partial charge in [-0.15, -0.1) is 0 Å². The lowest BCUT2D eigenvalue weighted by atomic mass is 10.0. The average molecular weight is 439 g/mol. The standard InChI is InChI=1S/C20H20F3N3O3S/c21-20(22,23)19-18(4-1-8-25-19)29-13-14-3-2-10-26(12-14)30(27,28)16-5-6-17-15(11-16)7-9-24-17/h1,4-9,11,14,24H,2-3,10,12-13H2. The Kier molecular flexibility index (Phi) is 5.46. The van der Waals surface area contributed by atoms with Crippen LogP contribution in [0.25, 0.3) is 10.9 Å². The zero-order valence-electron chi connectivity index (χ0n) is 15.9. The first kappa shape index (κ1) is 20.7. The molecule has 1 saturated heterocycles. The number of fused-ring (bicyclic) bond motifs is 1. The molecular weight excluding hydrogens is 419 g/mol. The van der Waals surface area contributed by atoms with Gasteiger partial charge < -0.3 is 9.72 Å². The van der Waals surface area contributed by atoms with Crippen molar-refractivity contribution in [2.45, 2.75) is 23.9 Å². The van der Waals surface area contributed by atoms with E-state index in [-0.39, 0.29) is 29.7 Å². The summed E-state index contributed by atoms with van der Waals surface area (Å²) in [6.07, 6.45) is -0.534. The minimum absolute atomic E-state index is 0.0162. The van der Waals surface area contributed by atoms with Crippen LogP contribution in [0.2, 0.25) is 0 Å². The number of alkyl halides is 3. The highest BCUT2D eigenvalue weighted by Gasteiger charge is 2.37. The highest BCUT2D eigenvalue weighted by atomic mass is 32.2. The number of H-pyrrole nitrogens is 1. The van der Waals surface area contributed by atoms with E-state index in [1.54, 1.807) is 30.5 Å². The number of hydrogen-bond acceptors (Lipinski definition) is 4. The number of aromatic amines is 1. The molecule has 2 aromatic heterocycles. The smallest absolute Gasteiger partial charge is 0.437 e. The Labute approximate surface area is 171 Å². The van der Waals surface area contributed by atoms with Gasteiger partial charge in [-0.3, -0.25) is 0 Å². The molecule has 4 rings (SSSR count). The van der Waals surface area contributed by atoms with Gasteiger partial charge in [-0.2, -0.15) is 17.5 Å². The zero-order chi connectivity index (χ0) is 21.4. The van der Waals surface area contributed by atoms with Crippen LogP contribution >= 0.6 is 0 Å². The van der Waals surface area contributed by atoms with Crippen molar-refractivity contribution < 1.29 is 26.3 Å². The van der Waals surface area contributed by atoms with Gasteiger partial charge in [0.25, 0.3) is 0 Å². The summed E-state index contributed by atoms with van der Waals surface area (Å²) in [5.74, 6) is -0.561. The lowest BCUT2D eigenvalue weighted by Gasteiger charge is -2.32. The number of nitrogens with one attached hydrogen (secondary N) is 1. The zero-order valence-corrected chi connectivity index (χ0v) is 16.7. The predicted octanol–water partition coefficient (Wildman–Crippen LogP) is 4.06. The number of nitrogens with zero attached hydrogens (tertiary/aromatic N) is 2. The van der Waals surface area contributed by atoms with E-state index in [1.807, 2.05) is 0 Å². The van der Waals surface area contributed by atoms with E-state index in [9.17, 15) is 21.6 Å². The predicted molar refractivity (Wildman–Crippen MR) is 105 cm³/mol. The van der Waals surface area contributed by atoms with E-state index in [0.717, 1.165) is 17.1 Å². The maximum Gasteiger partial charge on any atom is 0.437 e. The average Bonchev–Trinajstić information content (AvgIpc) is 3.20. The van der Waals surface area contributed by atoms with E-state index in [4.69, 9.17) is 4.74 Å². The third-order valence-electron chi connectivity index (χ3n) is 5.16. The first-order valence-electron chi connectivity index (χ1n) is 9.47. The molecule has 0 spiro atoms. The highest BCUT2D eigenvalue weighted by molar-refractivity contribution is 7.89. The summed E-state index contributed by atoms with van der Waals surface area (Å²) in [5, 5.41) is 0.796. The van der Waals surface area contributed by atoms with Crippen molar-refractivity contribution in [1.29, 1.82) is 0 Å². The Hall–Kier alpha value is -2.59. The van der Waals surface area contributed by atoms with Crippen LogP contribution in [-0.4, -0.2) is 42.4 Å². The van der Waals surface area contributed by atoms with Gasteiger partial charge in [0.1, 0.15) is 5.75 Å². The maximum absolute atomic E-state index is 13.1. The Morgan fingerprint density at radius 3 is 2.87 bits per heavy atom. The largest absolute Gasteiger partial charge is 0.491 e. The molecule has 1 aliphatic rings. The molecule has 1 aliphatic heterocycles. The molecule has 1 aromatic carbocycles. The molecule has 0 aliphatic carbocycles. The van der Waals surface area contributed by atoms with Crippen molar-refractivity contribution >= 4 is 20.9 Å². The van der Waals surface area contributed by atoms with Crippen LogP contribution < -0.4 is 4.74 Å². The van der Waals surface area contributed by atoms with Crippen molar-refractivity contribution in [3.63, 3.8) is 0 Å². The van der Waals surface area contributed by atoms with Crippen molar-refractivity contribution in [1.82, 2.24) is 14.3 Å². The number of sulfonamides is 1. The van der Waals surface area contributed by atoms with Crippen molar-refractivity contribution in [3.8, 4) is 5.75 Å². The van der Waals surface area contributed by atoms with Gasteiger partial charge in [0.05, 0.1) is 11.5 Å². The summed E-state index contributed by atoms with van der Waals surface area (Å²) in [6.45, 7) is 0.539. The summed E-state index contributed by atoms with van der Waals surface area (Å²) in [7, 11) is -3.71. The van der Waals surface area contributed by atoms with E-state index in [2.05, 4.69) is 9.97 Å². The molecule has 1 atom stereocenters. The number of halogens is 3. The summed E-state index contributed by atoms with van der Waals surface area (Å²) in [4.78, 5) is 6.59. The molecular formula is C20H20F3N3O3S. The molecule has 160 valence electrons. The molecule has 30 heavy (non-hydrogen) atoms. The second-order valence-corrected chi connectivity index (χ2v) is 9.19. The first-order valence-corrected chi connectivity index (χ1v) is 10.9. The van der Waals surface area contributed by atoms with E-state index >= 15 is 0 Å². The van der Waals surface area contributed by atoms with Crippen LogP contribution in [0.3, 0.4) is 0 Å². The lowest BCUT2D eigenvalue weighted by Crippen LogP contribution is -2.41. The molecule has 1 unspecified atom stereocenters. The van der Waals surface area contributed by atoms with Crippen LogP contribution in [0, 0.1) is 5.92 Å². The number of rotatable bonds is 5. The van der Waals surface area contributed by atoms with E-state index in [0.29, 0.717) is 19.4 Å². The fourth-order valence-electron chi connectivity index (χ4n) is 3.65. The number of aromatic nitrogens is 2. The number of pyridine rings is 1. The van der Waals surface area contributed by atoms with Gasteiger partial charge in [-0.25, -0.2) is 13.4 Å². The van der Waals surface area contributed by atoms with Gasteiger partial charge in [0.15, 0.2) is 5.69 Å². The summed E-state index contributed by atoms with van der Waals surface area (Å²) >= 11 is 0. The quantitative estimate of drug-likeness (QED) is 0.651. The van der Waals surface area contributed by atoms with Crippen LogP contribution in [0.4, 0.5) is 13.2 Å². The van der Waals surface area contributed by atoms with Crippen LogP contribution in [0.5, 0.6) is 5.75 Å². The summed E-state index contributed by atoms with van der Waals surface area (Å²) in [5.41, 5.74) is -0.235. The fourth-order valence-corrected chi connectivity index (χ4v) is 5.24. The molecule has 0 amide bonds. The normalized spacial score (nSPS) is 18.6. The Bertz CT molecular complexity index is 1140. The molecule has 1 N–H and O–H groups in total. The second-order valence-electron chi connectivity index (χ2n) is 7.26. The van der Waals surface area contributed by atoms with E-state index < -0.39 is 21.9 Å². The minimum Gasteiger partial charge on any atom is -0.491 e. The third kappa shape index (κ3) is 4.15. The molecule has 3 heterocycles. The molecule has 0 bridgehead atoms. The van der Waals surface area contributed by atoms with Crippen molar-refractivity contribution in [3.05, 3.63) is 54.5 Å². The third-order valence-corrected chi connectivity index (χ3v) is 7.02. The second kappa shape index (κ2) is 7.92. The molecule has 6 nitrogen and oxygen atoms in total. The highest BCUT2D eigenvalue weighted by Crippen LogP contribution is 2.34. The molecule has 10 heteroatoms. The summed E-state index contributed by atoms with van der Waals surface area (Å²) < 4.78 is 72.2. The fraction of sp³-hybridized carbons (Fsp3) is 0.350. The number of benzene rings is 1. The van der Waals surface area contributed by atoms with Crippen molar-refractivity contribution in [2.75, 3.05) is 19.7 Å². The molecule has 3 aromatic rings. The molecule has 0 radical (unpaired) electrons. The van der Waals surface area contributed by atoms with Crippen LogP contribution in [0.15, 0.2) is 53.7 Å². The van der Waals surface area contributed by atoms with Crippen LogP contribution in [-0.2, 0) is 16.2 Å². The number of ether oxygens (including phenoxy) is 1. The summed E-state index contributed by atoms with van der Waals surface area (Å²) in [6, 6.07) is 9.28. The lowest BCUT2D eigenvalue weighted by molar-refractivity contribution is -0.142. The maximum atomic E-state index is 13.1. The van der Waals surface area contributed by atoms with Gasteiger partial charge in [0, 0.05) is 42.3 Å². The van der Waals surface area contributed by atoms with Crippen LogP contribution in [0.1, 0.15) is 18.5 Å². The van der Waals surface area contributed by atoms with Crippen molar-refractivity contribution in [2.24, 2.45) is 5.92 Å². The number of piperidine rings is 1. The monoisotopic (exact) mass is 439 g/mol. The number of hydrogen-bond donors (Lipinski definition) is 1. The Morgan fingerprint density at radius 1 is 1.23 bits per heavy atom. The van der Waals surface area contributed by atoms with Gasteiger partial charge in [0.2, 0.25) is 10.0 Å². The molecule has 1 fully saturated rings. The minimum atomic E-state index is -4.62. The molecule has 0 saturated carbocycles. The topological polar surface area (TPSA) is 75.3 Å². The Balaban J connectivity index is 1.47. The van der Waals surface area contributed by atoms with Gasteiger partial charge in [-0.1, -0.05) is 0 Å². The van der Waals surface area contributed by atoms with Gasteiger partial charge >= 0.3 is 6.18 Å². The van der Waals surface area contributed by atoms with Gasteiger partial charge in [-0.05, 0) is 49.2 Å². The first-order chi connectivity index (χ1) is 14.2.